The monoisotopic (exact) mass is 292 g/mol. The quantitative estimate of drug-likeness (QED) is 0.942. The normalized spacial score (nSPS) is 19.6. The molecule has 0 spiro atoms. The second kappa shape index (κ2) is 5.54. The van der Waals surface area contributed by atoms with E-state index in [4.69, 9.17) is 4.74 Å². The van der Waals surface area contributed by atoms with Gasteiger partial charge in [0.2, 0.25) is 5.95 Å². The van der Waals surface area contributed by atoms with Crippen molar-refractivity contribution in [2.45, 2.75) is 25.9 Å². The van der Waals surface area contributed by atoms with Gasteiger partial charge in [-0.3, -0.25) is 0 Å². The number of hydrogen-bond acceptors (Lipinski definition) is 6. The number of piperidine rings is 1. The predicted molar refractivity (Wildman–Crippen MR) is 83.9 cm³/mol. The van der Waals surface area contributed by atoms with Gasteiger partial charge in [-0.1, -0.05) is 0 Å². The van der Waals surface area contributed by atoms with Gasteiger partial charge in [0.05, 0.1) is 11.5 Å². The minimum Gasteiger partial charge on any atom is -0.380 e. The van der Waals surface area contributed by atoms with Gasteiger partial charge in [-0.05, 0) is 25.8 Å². The van der Waals surface area contributed by atoms with Crippen LogP contribution >= 0.6 is 11.3 Å². The Morgan fingerprint density at radius 1 is 1.45 bits per heavy atom. The topological polar surface area (TPSA) is 50.3 Å². The number of thiophene rings is 1. The van der Waals surface area contributed by atoms with Gasteiger partial charge in [-0.15, -0.1) is 11.3 Å². The van der Waals surface area contributed by atoms with Crippen molar-refractivity contribution in [2.24, 2.45) is 0 Å². The van der Waals surface area contributed by atoms with E-state index in [0.29, 0.717) is 12.1 Å². The fourth-order valence-corrected chi connectivity index (χ4v) is 3.58. The van der Waals surface area contributed by atoms with Crippen LogP contribution in [0.15, 0.2) is 6.07 Å². The summed E-state index contributed by atoms with van der Waals surface area (Å²) in [6, 6.07) is 2.19. The van der Waals surface area contributed by atoms with Crippen LogP contribution in [-0.4, -0.2) is 43.3 Å². The third-order valence-electron chi connectivity index (χ3n) is 3.73. The summed E-state index contributed by atoms with van der Waals surface area (Å²) in [6.07, 6.45) is 2.57. The largest absolute Gasteiger partial charge is 0.380 e. The first-order valence-corrected chi connectivity index (χ1v) is 7.76. The first-order chi connectivity index (χ1) is 9.71. The van der Waals surface area contributed by atoms with Crippen molar-refractivity contribution in [3.8, 4) is 0 Å². The number of ether oxygens (including phenoxy) is 1. The molecule has 1 aliphatic heterocycles. The maximum atomic E-state index is 5.52. The van der Waals surface area contributed by atoms with Gasteiger partial charge in [0.1, 0.15) is 10.6 Å². The molecule has 6 heteroatoms. The molecule has 0 aromatic carbocycles. The van der Waals surface area contributed by atoms with Crippen molar-refractivity contribution in [2.75, 3.05) is 37.5 Å². The molecule has 3 heterocycles. The van der Waals surface area contributed by atoms with Gasteiger partial charge in [-0.2, -0.15) is 4.98 Å². The Balaban J connectivity index is 2.04. The summed E-state index contributed by atoms with van der Waals surface area (Å²) < 4.78 is 5.52. The second-order valence-corrected chi connectivity index (χ2v) is 6.38. The fraction of sp³-hybridized carbons (Fsp3) is 0.571. The zero-order chi connectivity index (χ0) is 14.1. The molecule has 0 amide bonds. The van der Waals surface area contributed by atoms with E-state index in [1.54, 1.807) is 18.4 Å². The average Bonchev–Trinajstić information content (AvgIpc) is 2.86. The van der Waals surface area contributed by atoms with Crippen LogP contribution in [0.3, 0.4) is 0 Å². The molecule has 1 unspecified atom stereocenters. The molecular formula is C14H20N4OS. The molecule has 108 valence electrons. The molecule has 0 saturated carbocycles. The highest BCUT2D eigenvalue weighted by molar-refractivity contribution is 7.18. The Labute approximate surface area is 123 Å². The van der Waals surface area contributed by atoms with E-state index in [9.17, 15) is 0 Å². The number of fused-ring (bicyclic) bond motifs is 1. The van der Waals surface area contributed by atoms with E-state index in [0.717, 1.165) is 42.0 Å². The number of aromatic nitrogens is 2. The van der Waals surface area contributed by atoms with Crippen molar-refractivity contribution in [1.82, 2.24) is 9.97 Å². The lowest BCUT2D eigenvalue weighted by molar-refractivity contribution is 0.0892. The molecule has 2 aromatic heterocycles. The van der Waals surface area contributed by atoms with Gasteiger partial charge < -0.3 is 15.0 Å². The third kappa shape index (κ3) is 2.45. The van der Waals surface area contributed by atoms with Crippen LogP contribution in [0.5, 0.6) is 0 Å². The molecule has 20 heavy (non-hydrogen) atoms. The van der Waals surface area contributed by atoms with Gasteiger partial charge in [0, 0.05) is 32.1 Å². The molecule has 1 fully saturated rings. The Hall–Kier alpha value is -1.40. The molecular weight excluding hydrogens is 272 g/mol. The Morgan fingerprint density at radius 2 is 2.30 bits per heavy atom. The zero-order valence-corrected chi connectivity index (χ0v) is 13.0. The van der Waals surface area contributed by atoms with E-state index in [1.807, 2.05) is 7.05 Å². The summed E-state index contributed by atoms with van der Waals surface area (Å²) in [5.41, 5.74) is 0. The SMILES string of the molecule is CNc1nc(N2CCCC(OC)C2)c2cc(C)sc2n1. The van der Waals surface area contributed by atoms with Crippen molar-refractivity contribution in [1.29, 1.82) is 0 Å². The summed E-state index contributed by atoms with van der Waals surface area (Å²) in [4.78, 5) is 13.9. The molecule has 1 N–H and O–H groups in total. The van der Waals surface area contributed by atoms with Crippen LogP contribution in [0.25, 0.3) is 10.2 Å². The van der Waals surface area contributed by atoms with Crippen LogP contribution in [0, 0.1) is 6.92 Å². The van der Waals surface area contributed by atoms with Crippen molar-refractivity contribution >= 4 is 33.3 Å². The van der Waals surface area contributed by atoms with Crippen LogP contribution in [0.2, 0.25) is 0 Å². The summed E-state index contributed by atoms with van der Waals surface area (Å²) in [5, 5.41) is 4.22. The van der Waals surface area contributed by atoms with Crippen LogP contribution in [0.1, 0.15) is 17.7 Å². The molecule has 0 bridgehead atoms. The van der Waals surface area contributed by atoms with Gasteiger partial charge in [0.15, 0.2) is 0 Å². The van der Waals surface area contributed by atoms with E-state index in [1.165, 1.54) is 4.88 Å². The Kier molecular flexibility index (Phi) is 3.76. The predicted octanol–water partition coefficient (Wildman–Crippen LogP) is 2.66. The third-order valence-corrected chi connectivity index (χ3v) is 4.67. The lowest BCUT2D eigenvalue weighted by Crippen LogP contribution is -2.39. The second-order valence-electron chi connectivity index (χ2n) is 5.14. The van der Waals surface area contributed by atoms with Crippen molar-refractivity contribution in [3.63, 3.8) is 0 Å². The number of anilines is 2. The lowest BCUT2D eigenvalue weighted by atomic mass is 10.1. The van der Waals surface area contributed by atoms with E-state index < -0.39 is 0 Å². The molecule has 1 aliphatic rings. The van der Waals surface area contributed by atoms with Gasteiger partial charge >= 0.3 is 0 Å². The number of methoxy groups -OCH3 is 1. The minimum absolute atomic E-state index is 0.298. The average molecular weight is 292 g/mol. The maximum Gasteiger partial charge on any atom is 0.225 e. The number of rotatable bonds is 3. The number of nitrogens with one attached hydrogen (secondary N) is 1. The van der Waals surface area contributed by atoms with Crippen molar-refractivity contribution in [3.05, 3.63) is 10.9 Å². The first-order valence-electron chi connectivity index (χ1n) is 6.95. The molecule has 1 saturated heterocycles. The molecule has 5 nitrogen and oxygen atoms in total. The number of hydrogen-bond donors (Lipinski definition) is 1. The number of aryl methyl sites for hydroxylation is 1. The summed E-state index contributed by atoms with van der Waals surface area (Å²) >= 11 is 1.72. The zero-order valence-electron chi connectivity index (χ0n) is 12.1. The highest BCUT2D eigenvalue weighted by atomic mass is 32.1. The summed E-state index contributed by atoms with van der Waals surface area (Å²) in [6.45, 7) is 4.05. The maximum absolute atomic E-state index is 5.52. The molecule has 3 rings (SSSR count). The van der Waals surface area contributed by atoms with E-state index >= 15 is 0 Å². The highest BCUT2D eigenvalue weighted by Crippen LogP contribution is 2.33. The standard InChI is InChI=1S/C14H20N4OS/c1-9-7-11-12(16-14(15-2)17-13(11)20-9)18-6-4-5-10(8-18)19-3/h7,10H,4-6,8H2,1-3H3,(H,15,16,17). The van der Waals surface area contributed by atoms with Gasteiger partial charge in [-0.25, -0.2) is 4.98 Å². The van der Waals surface area contributed by atoms with E-state index in [2.05, 4.69) is 33.2 Å². The Morgan fingerprint density at radius 3 is 3.05 bits per heavy atom. The highest BCUT2D eigenvalue weighted by Gasteiger charge is 2.23. The lowest BCUT2D eigenvalue weighted by Gasteiger charge is -2.33. The van der Waals surface area contributed by atoms with Crippen LogP contribution in [-0.2, 0) is 4.74 Å². The molecule has 1 atom stereocenters. The van der Waals surface area contributed by atoms with Gasteiger partial charge in [0.25, 0.3) is 0 Å². The van der Waals surface area contributed by atoms with Crippen LogP contribution in [0.4, 0.5) is 11.8 Å². The summed E-state index contributed by atoms with van der Waals surface area (Å²) in [5.74, 6) is 1.72. The fourth-order valence-electron chi connectivity index (χ4n) is 2.70. The smallest absolute Gasteiger partial charge is 0.225 e. The molecule has 0 radical (unpaired) electrons. The number of nitrogens with zero attached hydrogens (tertiary/aromatic N) is 3. The minimum atomic E-state index is 0.298. The molecule has 0 aliphatic carbocycles. The van der Waals surface area contributed by atoms with Crippen molar-refractivity contribution < 1.29 is 4.74 Å². The Bertz CT molecular complexity index is 612. The summed E-state index contributed by atoms with van der Waals surface area (Å²) in [7, 11) is 3.65. The van der Waals surface area contributed by atoms with E-state index in [-0.39, 0.29) is 0 Å². The molecule has 2 aromatic rings. The van der Waals surface area contributed by atoms with Crippen LogP contribution < -0.4 is 10.2 Å². The first kappa shape index (κ1) is 13.6.